The fourth-order valence-electron chi connectivity index (χ4n) is 2.74. The molecule has 2 aliphatic rings. The summed E-state index contributed by atoms with van der Waals surface area (Å²) in [7, 11) is 0. The molecular weight excluding hydrogens is 312 g/mol. The van der Waals surface area contributed by atoms with Crippen LogP contribution in [0.2, 0.25) is 0 Å². The van der Waals surface area contributed by atoms with Crippen molar-refractivity contribution in [3.63, 3.8) is 0 Å². The molecule has 2 fully saturated rings. The lowest BCUT2D eigenvalue weighted by Gasteiger charge is -2.34. The van der Waals surface area contributed by atoms with Gasteiger partial charge in [-0.25, -0.2) is 9.78 Å². The van der Waals surface area contributed by atoms with Gasteiger partial charge in [0.1, 0.15) is 11.1 Å². The number of carbonyl (C=O) groups is 1. The van der Waals surface area contributed by atoms with Crippen molar-refractivity contribution in [2.75, 3.05) is 32.8 Å². The molecule has 0 radical (unpaired) electrons. The molecule has 1 aliphatic heterocycles. The Bertz CT molecular complexity index is 524. The average Bonchev–Trinajstić information content (AvgIpc) is 3.23. The first-order valence-corrected chi connectivity index (χ1v) is 9.37. The summed E-state index contributed by atoms with van der Waals surface area (Å²) in [4.78, 5) is 21.0. The van der Waals surface area contributed by atoms with Gasteiger partial charge in [0.2, 0.25) is 0 Å². The van der Waals surface area contributed by atoms with Crippen molar-refractivity contribution in [3.8, 4) is 0 Å². The topological polar surface area (TPSA) is 57.7 Å². The van der Waals surface area contributed by atoms with E-state index >= 15 is 0 Å². The van der Waals surface area contributed by atoms with Gasteiger partial charge in [0, 0.05) is 50.8 Å². The van der Waals surface area contributed by atoms with Crippen molar-refractivity contribution in [2.24, 2.45) is 0 Å². The molecule has 128 valence electrons. The van der Waals surface area contributed by atoms with Gasteiger partial charge in [-0.2, -0.15) is 0 Å². The van der Waals surface area contributed by atoms with E-state index in [1.807, 2.05) is 18.7 Å². The number of carbonyl (C=O) groups excluding carboxylic acids is 1. The minimum absolute atomic E-state index is 0.0710. The monoisotopic (exact) mass is 338 g/mol. The second-order valence-corrected chi connectivity index (χ2v) is 7.15. The van der Waals surface area contributed by atoms with Crippen LogP contribution < -0.4 is 5.32 Å². The number of rotatable bonds is 6. The number of aromatic nitrogens is 1. The quantitative estimate of drug-likeness (QED) is 0.864. The molecule has 0 bridgehead atoms. The summed E-state index contributed by atoms with van der Waals surface area (Å²) in [6.07, 6.45) is 2.34. The molecule has 2 heterocycles. The van der Waals surface area contributed by atoms with Gasteiger partial charge in [0.25, 0.3) is 0 Å². The molecule has 0 aromatic carbocycles. The van der Waals surface area contributed by atoms with E-state index in [2.05, 4.69) is 20.6 Å². The van der Waals surface area contributed by atoms with E-state index < -0.39 is 0 Å². The molecule has 1 saturated carbocycles. The second kappa shape index (κ2) is 7.59. The third-order valence-electron chi connectivity index (χ3n) is 4.28. The number of piperazine rings is 1. The second-order valence-electron chi connectivity index (χ2n) is 6.26. The number of ether oxygens (including phenoxy) is 1. The van der Waals surface area contributed by atoms with Gasteiger partial charge in [0.15, 0.2) is 0 Å². The third kappa shape index (κ3) is 4.65. The maximum Gasteiger partial charge on any atom is 0.317 e. The first-order chi connectivity index (χ1) is 11.2. The highest BCUT2D eigenvalue weighted by Crippen LogP contribution is 2.22. The van der Waals surface area contributed by atoms with Crippen LogP contribution in [0.1, 0.15) is 43.5 Å². The zero-order valence-corrected chi connectivity index (χ0v) is 14.8. The normalized spacial score (nSPS) is 20.5. The van der Waals surface area contributed by atoms with E-state index in [-0.39, 0.29) is 12.1 Å². The zero-order chi connectivity index (χ0) is 16.2. The van der Waals surface area contributed by atoms with Gasteiger partial charge in [-0.05, 0) is 26.7 Å². The van der Waals surface area contributed by atoms with Crippen molar-refractivity contribution in [2.45, 2.75) is 45.4 Å². The van der Waals surface area contributed by atoms with E-state index in [9.17, 15) is 4.79 Å². The van der Waals surface area contributed by atoms with Crippen molar-refractivity contribution in [1.29, 1.82) is 0 Å². The van der Waals surface area contributed by atoms with E-state index in [0.29, 0.717) is 12.6 Å². The lowest BCUT2D eigenvalue weighted by molar-refractivity contribution is 0.0759. The van der Waals surface area contributed by atoms with Crippen molar-refractivity contribution in [3.05, 3.63) is 16.1 Å². The van der Waals surface area contributed by atoms with Gasteiger partial charge in [-0.3, -0.25) is 4.90 Å². The van der Waals surface area contributed by atoms with Gasteiger partial charge in [0.05, 0.1) is 5.69 Å². The van der Waals surface area contributed by atoms with E-state index in [1.165, 1.54) is 0 Å². The maximum atomic E-state index is 12.0. The fourth-order valence-corrected chi connectivity index (χ4v) is 3.55. The number of hydrogen-bond acceptors (Lipinski definition) is 5. The molecule has 1 saturated heterocycles. The molecule has 7 heteroatoms. The highest BCUT2D eigenvalue weighted by atomic mass is 32.1. The zero-order valence-electron chi connectivity index (χ0n) is 14.0. The molecule has 1 aromatic heterocycles. The Labute approximate surface area is 141 Å². The van der Waals surface area contributed by atoms with Gasteiger partial charge >= 0.3 is 6.03 Å². The summed E-state index contributed by atoms with van der Waals surface area (Å²) in [5.74, 6) is 0. The van der Waals surface area contributed by atoms with Gasteiger partial charge in [-0.1, -0.05) is 0 Å². The minimum Gasteiger partial charge on any atom is -0.372 e. The molecule has 1 N–H and O–H groups in total. The molecule has 2 amide bonds. The molecule has 1 atom stereocenters. The van der Waals surface area contributed by atoms with Crippen LogP contribution in [0.3, 0.4) is 0 Å². The Kier molecular flexibility index (Phi) is 5.50. The van der Waals surface area contributed by atoms with Crippen LogP contribution >= 0.6 is 11.3 Å². The van der Waals surface area contributed by atoms with Crippen LogP contribution in [0.4, 0.5) is 4.79 Å². The highest BCUT2D eigenvalue weighted by molar-refractivity contribution is 7.09. The molecule has 23 heavy (non-hydrogen) atoms. The largest absolute Gasteiger partial charge is 0.372 e. The number of thiazole rings is 1. The predicted molar refractivity (Wildman–Crippen MR) is 90.6 cm³/mol. The third-order valence-corrected chi connectivity index (χ3v) is 5.34. The van der Waals surface area contributed by atoms with Crippen LogP contribution in [-0.2, 0) is 11.3 Å². The number of amides is 2. The van der Waals surface area contributed by atoms with Gasteiger partial charge in [-0.15, -0.1) is 11.3 Å². The van der Waals surface area contributed by atoms with E-state index in [0.717, 1.165) is 56.3 Å². The molecule has 1 aliphatic carbocycles. The number of urea groups is 1. The maximum absolute atomic E-state index is 12.0. The average molecular weight is 338 g/mol. The Hall–Kier alpha value is -1.18. The summed E-state index contributed by atoms with van der Waals surface area (Å²) >= 11 is 1.67. The summed E-state index contributed by atoms with van der Waals surface area (Å²) in [6.45, 7) is 9.02. The van der Waals surface area contributed by atoms with Crippen LogP contribution in [-0.4, -0.2) is 59.6 Å². The highest BCUT2D eigenvalue weighted by Gasteiger charge is 2.27. The van der Waals surface area contributed by atoms with Crippen LogP contribution in [0.25, 0.3) is 0 Å². The Morgan fingerprint density at radius 1 is 1.43 bits per heavy atom. The molecule has 0 spiro atoms. The molecular formula is C16H26N4O2S. The van der Waals surface area contributed by atoms with Crippen LogP contribution in [0, 0.1) is 0 Å². The first kappa shape index (κ1) is 16.7. The summed E-state index contributed by atoms with van der Waals surface area (Å²) < 4.78 is 5.59. The fraction of sp³-hybridized carbons (Fsp3) is 0.750. The number of hydrogen-bond donors (Lipinski definition) is 1. The standard InChI is InChI=1S/C16H26N4O2S/c1-3-22-12(2)15-17-14(11-23-15)10-19-6-8-20(9-7-19)16(21)18-13-4-5-13/h11-13H,3-10H2,1-2H3,(H,18,21). The van der Waals surface area contributed by atoms with E-state index in [4.69, 9.17) is 4.74 Å². The van der Waals surface area contributed by atoms with Gasteiger partial charge < -0.3 is 15.0 Å². The predicted octanol–water partition coefficient (Wildman–Crippen LogP) is 2.23. The Morgan fingerprint density at radius 2 is 2.17 bits per heavy atom. The number of nitrogens with zero attached hydrogens (tertiary/aromatic N) is 3. The Balaban J connectivity index is 1.44. The van der Waals surface area contributed by atoms with Crippen LogP contribution in [0.5, 0.6) is 0 Å². The first-order valence-electron chi connectivity index (χ1n) is 8.49. The summed E-state index contributed by atoms with van der Waals surface area (Å²) in [5.41, 5.74) is 1.10. The Morgan fingerprint density at radius 3 is 2.83 bits per heavy atom. The summed E-state index contributed by atoms with van der Waals surface area (Å²) in [6, 6.07) is 0.537. The molecule has 1 unspecified atom stereocenters. The number of nitrogens with one attached hydrogen (secondary N) is 1. The molecule has 1 aromatic rings. The van der Waals surface area contributed by atoms with Crippen molar-refractivity contribution < 1.29 is 9.53 Å². The lowest BCUT2D eigenvalue weighted by atomic mass is 10.3. The summed E-state index contributed by atoms with van der Waals surface area (Å²) in [5, 5.41) is 6.23. The minimum atomic E-state index is 0.0710. The van der Waals surface area contributed by atoms with Crippen molar-refractivity contribution >= 4 is 17.4 Å². The van der Waals surface area contributed by atoms with Crippen molar-refractivity contribution in [1.82, 2.24) is 20.1 Å². The lowest BCUT2D eigenvalue weighted by Crippen LogP contribution is -2.51. The SMILES string of the molecule is CCOC(C)c1nc(CN2CCN(C(=O)NC3CC3)CC2)cs1. The van der Waals surface area contributed by atoms with Crippen LogP contribution in [0.15, 0.2) is 5.38 Å². The molecule has 6 nitrogen and oxygen atoms in total. The van der Waals surface area contributed by atoms with E-state index in [1.54, 1.807) is 11.3 Å². The molecule has 3 rings (SSSR count). The smallest absolute Gasteiger partial charge is 0.317 e.